The lowest BCUT2D eigenvalue weighted by Crippen LogP contribution is -2.00. The number of hydrogen-bond acceptors (Lipinski definition) is 2. The lowest BCUT2D eigenvalue weighted by atomic mass is 10.2. The van der Waals surface area contributed by atoms with E-state index in [2.05, 4.69) is 60.8 Å². The summed E-state index contributed by atoms with van der Waals surface area (Å²) in [5, 5.41) is 11.2. The molecule has 0 unspecified atom stereocenters. The molecule has 106 valence electrons. The first-order valence-corrected chi connectivity index (χ1v) is 6.68. The van der Waals surface area contributed by atoms with Crippen molar-refractivity contribution in [1.82, 2.24) is 0 Å². The molecule has 0 saturated heterocycles. The van der Waals surface area contributed by atoms with Gasteiger partial charge in [-0.05, 0) is 24.1 Å². The third kappa shape index (κ3) is 6.05. The molecule has 0 fully saturated rings. The van der Waals surface area contributed by atoms with Crippen LogP contribution in [0.3, 0.4) is 0 Å². The molecule has 0 aromatic heterocycles. The number of carbonyl (C=O) groups is 1. The highest BCUT2D eigenvalue weighted by Crippen LogP contribution is 2.14. The third-order valence-electron chi connectivity index (χ3n) is 2.77. The lowest BCUT2D eigenvalue weighted by molar-refractivity contribution is -0.136. The number of benzene rings is 2. The zero-order valence-electron chi connectivity index (χ0n) is 12.0. The molecule has 0 bridgehead atoms. The van der Waals surface area contributed by atoms with Crippen molar-refractivity contribution < 1.29 is 9.90 Å². The minimum absolute atomic E-state index is 0.222. The van der Waals surface area contributed by atoms with Crippen LogP contribution in [-0.4, -0.2) is 11.1 Å². The molecule has 3 heteroatoms. The summed E-state index contributed by atoms with van der Waals surface area (Å²) in [5.74, 6) is -0.745. The molecule has 2 aromatic rings. The molecule has 0 spiro atoms. The first kappa shape index (κ1) is 15.8. The third-order valence-corrected chi connectivity index (χ3v) is 2.77. The van der Waals surface area contributed by atoms with E-state index in [1.54, 1.807) is 6.92 Å². The van der Waals surface area contributed by atoms with Crippen molar-refractivity contribution in [3.63, 3.8) is 0 Å². The molecule has 0 aliphatic rings. The van der Waals surface area contributed by atoms with E-state index in [1.165, 1.54) is 16.8 Å². The van der Waals surface area contributed by atoms with E-state index >= 15 is 0 Å². The van der Waals surface area contributed by atoms with E-state index < -0.39 is 5.97 Å². The number of carboxylic acids is 1. The Kier molecular flexibility index (Phi) is 6.90. The fourth-order valence-corrected chi connectivity index (χ4v) is 1.56. The van der Waals surface area contributed by atoms with E-state index in [1.807, 2.05) is 6.07 Å². The highest BCUT2D eigenvalue weighted by molar-refractivity contribution is 5.66. The fourth-order valence-electron chi connectivity index (χ4n) is 1.56. The van der Waals surface area contributed by atoms with E-state index in [-0.39, 0.29) is 6.42 Å². The molecule has 0 atom stereocenters. The Labute approximate surface area is 120 Å². The molecule has 2 N–H and O–H groups in total. The number of carboxylic acid groups (broad SMARTS) is 1. The van der Waals surface area contributed by atoms with Gasteiger partial charge in [-0.15, -0.1) is 0 Å². The van der Waals surface area contributed by atoms with Crippen molar-refractivity contribution in [3.8, 4) is 0 Å². The summed E-state index contributed by atoms with van der Waals surface area (Å²) in [6, 6.07) is 18.8. The van der Waals surface area contributed by atoms with Gasteiger partial charge in [-0.3, -0.25) is 4.79 Å². The first-order chi connectivity index (χ1) is 9.63. The van der Waals surface area contributed by atoms with Gasteiger partial charge in [-0.25, -0.2) is 0 Å². The van der Waals surface area contributed by atoms with Crippen LogP contribution in [0.1, 0.15) is 24.5 Å². The molecular weight excluding hydrogens is 250 g/mol. The molecule has 0 radical (unpaired) electrons. The summed E-state index contributed by atoms with van der Waals surface area (Å²) in [5.41, 5.74) is 3.80. The van der Waals surface area contributed by atoms with Crippen molar-refractivity contribution in [1.29, 1.82) is 0 Å². The topological polar surface area (TPSA) is 49.3 Å². The van der Waals surface area contributed by atoms with Crippen molar-refractivity contribution in [2.45, 2.75) is 26.8 Å². The first-order valence-electron chi connectivity index (χ1n) is 6.68. The molecule has 0 aliphatic carbocycles. The van der Waals surface area contributed by atoms with Gasteiger partial charge in [0, 0.05) is 18.7 Å². The highest BCUT2D eigenvalue weighted by Gasteiger charge is 1.95. The number of para-hydroxylation sites is 1. The summed E-state index contributed by atoms with van der Waals surface area (Å²) < 4.78 is 0. The summed E-state index contributed by atoms with van der Waals surface area (Å²) in [6.07, 6.45) is 0.222. The largest absolute Gasteiger partial charge is 0.481 e. The fraction of sp³-hybridized carbons (Fsp3) is 0.235. The van der Waals surface area contributed by atoms with Gasteiger partial charge in [-0.1, -0.05) is 55.5 Å². The van der Waals surface area contributed by atoms with Crippen molar-refractivity contribution in [3.05, 3.63) is 65.7 Å². The molecule has 0 amide bonds. The Balaban J connectivity index is 0.000000347. The SMILES string of the molecule is CCC(=O)O.Cc1ccccc1NCc1ccccc1. The monoisotopic (exact) mass is 271 g/mol. The van der Waals surface area contributed by atoms with E-state index in [4.69, 9.17) is 5.11 Å². The summed E-state index contributed by atoms with van der Waals surface area (Å²) in [7, 11) is 0. The zero-order valence-corrected chi connectivity index (χ0v) is 12.0. The number of anilines is 1. The molecule has 2 aromatic carbocycles. The Morgan fingerprint density at radius 2 is 1.60 bits per heavy atom. The van der Waals surface area contributed by atoms with E-state index in [9.17, 15) is 4.79 Å². The zero-order chi connectivity index (χ0) is 14.8. The van der Waals surface area contributed by atoms with Crippen molar-refractivity contribution in [2.24, 2.45) is 0 Å². The summed E-state index contributed by atoms with van der Waals surface area (Å²) in [4.78, 5) is 9.37. The predicted molar refractivity (Wildman–Crippen MR) is 82.9 cm³/mol. The van der Waals surface area contributed by atoms with Gasteiger partial charge in [0.2, 0.25) is 0 Å². The van der Waals surface area contributed by atoms with Crippen molar-refractivity contribution >= 4 is 11.7 Å². The molecule has 20 heavy (non-hydrogen) atoms. The van der Waals surface area contributed by atoms with Crippen molar-refractivity contribution in [2.75, 3.05) is 5.32 Å². The van der Waals surface area contributed by atoms with Crippen LogP contribution in [0.2, 0.25) is 0 Å². The predicted octanol–water partition coefficient (Wildman–Crippen LogP) is 4.09. The van der Waals surface area contributed by atoms with Gasteiger partial charge in [0.1, 0.15) is 0 Å². The maximum Gasteiger partial charge on any atom is 0.303 e. The number of aryl methyl sites for hydroxylation is 1. The standard InChI is InChI=1S/C14H15N.C3H6O2/c1-12-7-5-6-10-14(12)15-11-13-8-3-2-4-9-13;1-2-3(4)5/h2-10,15H,11H2,1H3;2H2,1H3,(H,4,5). The molecule has 0 aliphatic heterocycles. The Bertz CT molecular complexity index is 524. The Morgan fingerprint density at radius 3 is 2.15 bits per heavy atom. The van der Waals surface area contributed by atoms with Crippen LogP contribution in [0.25, 0.3) is 0 Å². The summed E-state index contributed by atoms with van der Waals surface area (Å²) >= 11 is 0. The van der Waals surface area contributed by atoms with Gasteiger partial charge in [0.05, 0.1) is 0 Å². The van der Waals surface area contributed by atoms with Crippen LogP contribution in [0, 0.1) is 6.92 Å². The average Bonchev–Trinajstić information content (AvgIpc) is 2.48. The average molecular weight is 271 g/mol. The van der Waals surface area contributed by atoms with Gasteiger partial charge in [-0.2, -0.15) is 0 Å². The number of aliphatic carboxylic acids is 1. The quantitative estimate of drug-likeness (QED) is 0.880. The van der Waals surface area contributed by atoms with E-state index in [0.29, 0.717) is 0 Å². The Morgan fingerprint density at radius 1 is 1.05 bits per heavy atom. The van der Waals surface area contributed by atoms with Crippen LogP contribution in [0.5, 0.6) is 0 Å². The smallest absolute Gasteiger partial charge is 0.303 e. The normalized spacial score (nSPS) is 9.30. The maximum atomic E-state index is 9.37. The van der Waals surface area contributed by atoms with E-state index in [0.717, 1.165) is 6.54 Å². The van der Waals surface area contributed by atoms with Crippen LogP contribution < -0.4 is 5.32 Å². The summed E-state index contributed by atoms with van der Waals surface area (Å²) in [6.45, 7) is 4.60. The second-order valence-electron chi connectivity index (χ2n) is 4.40. The van der Waals surface area contributed by atoms with Crippen LogP contribution in [-0.2, 0) is 11.3 Å². The lowest BCUT2D eigenvalue weighted by Gasteiger charge is -2.08. The molecule has 3 nitrogen and oxygen atoms in total. The molecule has 0 saturated carbocycles. The van der Waals surface area contributed by atoms with Crippen LogP contribution in [0.15, 0.2) is 54.6 Å². The minimum atomic E-state index is -0.745. The number of rotatable bonds is 4. The van der Waals surface area contributed by atoms with Crippen LogP contribution >= 0.6 is 0 Å². The second kappa shape index (κ2) is 8.75. The molecule has 0 heterocycles. The van der Waals surface area contributed by atoms with Gasteiger partial charge >= 0.3 is 5.97 Å². The maximum absolute atomic E-state index is 9.37. The molecular formula is C17H21NO2. The number of hydrogen-bond donors (Lipinski definition) is 2. The van der Waals surface area contributed by atoms with Gasteiger partial charge < -0.3 is 10.4 Å². The second-order valence-corrected chi connectivity index (χ2v) is 4.40. The highest BCUT2D eigenvalue weighted by atomic mass is 16.4. The van der Waals surface area contributed by atoms with Crippen LogP contribution in [0.4, 0.5) is 5.69 Å². The minimum Gasteiger partial charge on any atom is -0.481 e. The van der Waals surface area contributed by atoms with Gasteiger partial charge in [0.25, 0.3) is 0 Å². The molecule has 2 rings (SSSR count). The Hall–Kier alpha value is -2.29. The van der Waals surface area contributed by atoms with Gasteiger partial charge in [0.15, 0.2) is 0 Å². The number of nitrogens with one attached hydrogen (secondary N) is 1.